The average molecular weight is 466 g/mol. The summed E-state index contributed by atoms with van der Waals surface area (Å²) in [6.45, 7) is 0. The number of nitrogen functional groups attached to an aromatic ring is 1. The molecule has 0 aliphatic heterocycles. The van der Waals surface area contributed by atoms with Crippen LogP contribution >= 0.6 is 35.0 Å². The summed E-state index contributed by atoms with van der Waals surface area (Å²) in [5, 5.41) is 15.6. The van der Waals surface area contributed by atoms with Crippen LogP contribution in [0.1, 0.15) is 5.56 Å². The van der Waals surface area contributed by atoms with Gasteiger partial charge in [-0.2, -0.15) is 5.10 Å². The normalized spacial score (nSPS) is 10.9. The van der Waals surface area contributed by atoms with Gasteiger partial charge in [0.2, 0.25) is 11.1 Å². The third kappa shape index (κ3) is 5.56. The Morgan fingerprint density at radius 2 is 2.10 bits per heavy atom. The average Bonchev–Trinajstić information content (AvgIpc) is 3.09. The molecule has 9 nitrogen and oxygen atoms in total. The van der Waals surface area contributed by atoms with Gasteiger partial charge in [-0.1, -0.05) is 53.2 Å². The summed E-state index contributed by atoms with van der Waals surface area (Å²) in [5.74, 6) is 6.65. The molecule has 30 heavy (non-hydrogen) atoms. The van der Waals surface area contributed by atoms with Crippen LogP contribution in [0.3, 0.4) is 0 Å². The van der Waals surface area contributed by atoms with Crippen molar-refractivity contribution in [2.45, 2.75) is 5.16 Å². The van der Waals surface area contributed by atoms with E-state index >= 15 is 0 Å². The molecule has 4 N–H and O–H groups in total. The van der Waals surface area contributed by atoms with Gasteiger partial charge in [0.1, 0.15) is 5.75 Å². The fourth-order valence-corrected chi connectivity index (χ4v) is 3.26. The van der Waals surface area contributed by atoms with Crippen LogP contribution < -0.4 is 21.3 Å². The molecule has 12 heteroatoms. The summed E-state index contributed by atoms with van der Waals surface area (Å²) < 4.78 is 6.36. The van der Waals surface area contributed by atoms with Gasteiger partial charge in [-0.05, 0) is 29.8 Å². The molecule has 0 spiro atoms. The number of carbonyl (C=O) groups excluding carboxylic acids is 1. The van der Waals surface area contributed by atoms with E-state index in [1.807, 2.05) is 24.3 Å². The number of hydrogen-bond acceptors (Lipinski definition) is 8. The number of anilines is 2. The van der Waals surface area contributed by atoms with Crippen molar-refractivity contribution >= 4 is 58.7 Å². The second-order valence-corrected chi connectivity index (χ2v) is 7.49. The molecule has 3 aromatic rings. The number of nitrogens with zero attached hydrogens (tertiary/aromatic N) is 4. The van der Waals surface area contributed by atoms with Crippen LogP contribution in [0.4, 0.5) is 11.6 Å². The number of nitrogens with two attached hydrogens (primary N) is 1. The number of nitrogens with one attached hydrogen (secondary N) is 2. The lowest BCUT2D eigenvalue weighted by Gasteiger charge is -2.08. The van der Waals surface area contributed by atoms with Crippen molar-refractivity contribution in [3.8, 4) is 5.75 Å². The van der Waals surface area contributed by atoms with E-state index in [1.54, 1.807) is 31.5 Å². The predicted molar refractivity (Wildman–Crippen MR) is 120 cm³/mol. The number of halogens is 2. The zero-order valence-electron chi connectivity index (χ0n) is 15.7. The first-order chi connectivity index (χ1) is 14.5. The van der Waals surface area contributed by atoms with Crippen LogP contribution in [0.15, 0.2) is 52.7 Å². The molecule has 0 radical (unpaired) electrons. The van der Waals surface area contributed by atoms with Gasteiger partial charge in [0.05, 0.1) is 34.8 Å². The minimum Gasteiger partial charge on any atom is -0.497 e. The Kier molecular flexibility index (Phi) is 7.39. The maximum atomic E-state index is 12.2. The third-order valence-electron chi connectivity index (χ3n) is 3.69. The monoisotopic (exact) mass is 465 g/mol. The Balaban J connectivity index is 1.55. The van der Waals surface area contributed by atoms with Gasteiger partial charge in [-0.15, -0.1) is 10.2 Å². The molecule has 0 unspecified atom stereocenters. The second kappa shape index (κ2) is 10.2. The van der Waals surface area contributed by atoms with Gasteiger partial charge in [0.15, 0.2) is 0 Å². The van der Waals surface area contributed by atoms with Crippen molar-refractivity contribution in [2.24, 2.45) is 5.10 Å². The van der Waals surface area contributed by atoms with Gasteiger partial charge in [0.25, 0.3) is 5.95 Å². The number of thioether (sulfide) groups is 1. The molecule has 0 fully saturated rings. The summed E-state index contributed by atoms with van der Waals surface area (Å²) >= 11 is 13.1. The zero-order valence-corrected chi connectivity index (χ0v) is 18.0. The van der Waals surface area contributed by atoms with E-state index in [1.165, 1.54) is 4.68 Å². The lowest BCUT2D eigenvalue weighted by Crippen LogP contribution is -2.17. The van der Waals surface area contributed by atoms with Gasteiger partial charge < -0.3 is 15.9 Å². The summed E-state index contributed by atoms with van der Waals surface area (Å²) in [7, 11) is 1.59. The molecule has 0 aliphatic carbocycles. The van der Waals surface area contributed by atoms with Gasteiger partial charge in [0, 0.05) is 0 Å². The molecule has 1 amide bonds. The largest absolute Gasteiger partial charge is 0.497 e. The highest BCUT2D eigenvalue weighted by atomic mass is 35.5. The molecular formula is C18H17Cl2N7O2S. The number of hydrazone groups is 1. The molecule has 0 bridgehead atoms. The lowest BCUT2D eigenvalue weighted by molar-refractivity contribution is -0.113. The number of aromatic nitrogens is 3. The summed E-state index contributed by atoms with van der Waals surface area (Å²) in [4.78, 5) is 12.2. The maximum Gasteiger partial charge on any atom is 0.264 e. The molecule has 156 valence electrons. The summed E-state index contributed by atoms with van der Waals surface area (Å²) in [6, 6.07) is 12.4. The molecule has 0 aliphatic rings. The van der Waals surface area contributed by atoms with Crippen LogP contribution in [0.5, 0.6) is 5.75 Å². The molecule has 2 aromatic carbocycles. The maximum absolute atomic E-state index is 12.2. The molecular weight excluding hydrogens is 449 g/mol. The number of hydrogen-bond donors (Lipinski definition) is 3. The highest BCUT2D eigenvalue weighted by Gasteiger charge is 2.13. The van der Waals surface area contributed by atoms with E-state index in [9.17, 15) is 4.79 Å². The Bertz CT molecular complexity index is 1070. The van der Waals surface area contributed by atoms with Crippen LogP contribution in [-0.4, -0.2) is 39.9 Å². The number of carbonyl (C=O) groups is 1. The summed E-state index contributed by atoms with van der Waals surface area (Å²) in [6.07, 6.45) is 1.59. The fourth-order valence-electron chi connectivity index (χ4n) is 2.25. The van der Waals surface area contributed by atoms with Crippen molar-refractivity contribution in [1.82, 2.24) is 14.9 Å². The van der Waals surface area contributed by atoms with Crippen LogP contribution in [0.2, 0.25) is 10.0 Å². The van der Waals surface area contributed by atoms with E-state index in [4.69, 9.17) is 33.8 Å². The van der Waals surface area contributed by atoms with E-state index in [-0.39, 0.29) is 22.6 Å². The molecule has 0 saturated carbocycles. The molecule has 1 aromatic heterocycles. The Morgan fingerprint density at radius 1 is 1.30 bits per heavy atom. The van der Waals surface area contributed by atoms with E-state index in [2.05, 4.69) is 26.0 Å². The first-order valence-electron chi connectivity index (χ1n) is 8.48. The Hall–Kier alpha value is -2.95. The van der Waals surface area contributed by atoms with Gasteiger partial charge in [-0.3, -0.25) is 4.79 Å². The van der Waals surface area contributed by atoms with Crippen molar-refractivity contribution in [3.63, 3.8) is 0 Å². The number of benzene rings is 2. The van der Waals surface area contributed by atoms with E-state index < -0.39 is 0 Å². The number of methoxy groups -OCH3 is 1. The third-order valence-corrected chi connectivity index (χ3v) is 5.46. The highest BCUT2D eigenvalue weighted by molar-refractivity contribution is 7.99. The number of amides is 1. The molecule has 0 saturated heterocycles. The van der Waals surface area contributed by atoms with Crippen LogP contribution in [0.25, 0.3) is 0 Å². The Morgan fingerprint density at radius 3 is 2.90 bits per heavy atom. The quantitative estimate of drug-likeness (QED) is 0.201. The first kappa shape index (κ1) is 21.8. The topological polar surface area (TPSA) is 119 Å². The molecule has 1 heterocycles. The molecule has 3 rings (SSSR count). The molecule has 0 atom stereocenters. The smallest absolute Gasteiger partial charge is 0.264 e. The first-order valence-corrected chi connectivity index (χ1v) is 10.2. The Labute approximate surface area is 186 Å². The fraction of sp³-hybridized carbons (Fsp3) is 0.111. The van der Waals surface area contributed by atoms with Crippen molar-refractivity contribution in [3.05, 3.63) is 58.1 Å². The number of rotatable bonds is 8. The van der Waals surface area contributed by atoms with Crippen LogP contribution in [-0.2, 0) is 4.79 Å². The minimum absolute atomic E-state index is 0.0469. The van der Waals surface area contributed by atoms with Crippen molar-refractivity contribution < 1.29 is 9.53 Å². The summed E-state index contributed by atoms with van der Waals surface area (Å²) in [5.41, 5.74) is 3.97. The standard InChI is InChI=1S/C18H17Cl2N7O2S/c1-29-12-5-2-4-11(8-12)9-22-24-17-25-26-18(27(17)21)30-10-15(28)23-14-7-3-6-13(19)16(14)20/h2-9H,10,21H2,1H3,(H,23,28)(H,24,25)/b22-9+. The van der Waals surface area contributed by atoms with Crippen molar-refractivity contribution in [1.29, 1.82) is 0 Å². The van der Waals surface area contributed by atoms with Crippen molar-refractivity contribution in [2.75, 3.05) is 29.4 Å². The number of ether oxygens (including phenoxy) is 1. The highest BCUT2D eigenvalue weighted by Crippen LogP contribution is 2.29. The minimum atomic E-state index is -0.294. The SMILES string of the molecule is COc1cccc(/C=N/Nc2nnc(SCC(=O)Nc3cccc(Cl)c3Cl)n2N)c1. The second-order valence-electron chi connectivity index (χ2n) is 5.76. The van der Waals surface area contributed by atoms with E-state index in [0.717, 1.165) is 23.1 Å². The zero-order chi connectivity index (χ0) is 21.5. The van der Waals surface area contributed by atoms with Gasteiger partial charge >= 0.3 is 0 Å². The van der Waals surface area contributed by atoms with Gasteiger partial charge in [-0.25, -0.2) is 10.1 Å². The predicted octanol–water partition coefficient (Wildman–Crippen LogP) is 3.48. The van der Waals surface area contributed by atoms with E-state index in [0.29, 0.717) is 15.9 Å². The van der Waals surface area contributed by atoms with Crippen LogP contribution in [0, 0.1) is 0 Å². The lowest BCUT2D eigenvalue weighted by atomic mass is 10.2.